The number of nitriles is 1. The summed E-state index contributed by atoms with van der Waals surface area (Å²) < 4.78 is 26.8. The minimum absolute atomic E-state index is 0.102. The van der Waals surface area contributed by atoms with E-state index in [4.69, 9.17) is 0 Å². The van der Waals surface area contributed by atoms with Gasteiger partial charge in [0.2, 0.25) is 0 Å². The Morgan fingerprint density at radius 2 is 1.83 bits per heavy atom. The molecule has 0 fully saturated rings. The molecule has 0 atom stereocenters. The molecule has 3 rings (SSSR count). The first-order chi connectivity index (χ1) is 11.0. The quantitative estimate of drug-likeness (QED) is 0.694. The number of aromatic nitrogens is 1. The molecule has 3 aromatic rings. The van der Waals surface area contributed by atoms with Crippen molar-refractivity contribution in [1.29, 1.82) is 5.26 Å². The Hall–Kier alpha value is -2.91. The number of fused-ring (bicyclic) bond motifs is 1. The van der Waals surface area contributed by atoms with Crippen LogP contribution < -0.4 is 0 Å². The maximum Gasteiger partial charge on any atom is 0.268 e. The maximum absolute atomic E-state index is 12.9. The highest BCUT2D eigenvalue weighted by Crippen LogP contribution is 2.27. The number of carbonyl (C=O) groups is 1. The molecular formula is C17H12N2O3S. The van der Waals surface area contributed by atoms with Gasteiger partial charge in [-0.05, 0) is 25.1 Å². The standard InChI is InChI=1S/C17H12N2O3S/c1-12-5-7-15(8-6-12)23(21,22)19-10-14(11-20)16-4-2-3-13(9-18)17(16)19/h2-8,10-11H,1H3. The van der Waals surface area contributed by atoms with E-state index in [0.717, 1.165) is 9.54 Å². The van der Waals surface area contributed by atoms with E-state index in [-0.39, 0.29) is 21.5 Å². The van der Waals surface area contributed by atoms with E-state index in [2.05, 4.69) is 0 Å². The second kappa shape index (κ2) is 5.38. The fourth-order valence-corrected chi connectivity index (χ4v) is 3.87. The molecule has 0 unspecified atom stereocenters. The zero-order chi connectivity index (χ0) is 16.6. The minimum Gasteiger partial charge on any atom is -0.298 e. The molecule has 0 aliphatic heterocycles. The number of rotatable bonds is 3. The summed E-state index contributed by atoms with van der Waals surface area (Å²) in [5.41, 5.74) is 1.59. The normalized spacial score (nSPS) is 11.3. The summed E-state index contributed by atoms with van der Waals surface area (Å²) in [5.74, 6) is 0. The largest absolute Gasteiger partial charge is 0.298 e. The molecule has 0 N–H and O–H groups in total. The lowest BCUT2D eigenvalue weighted by atomic mass is 10.1. The van der Waals surface area contributed by atoms with Gasteiger partial charge in [-0.1, -0.05) is 29.8 Å². The Balaban J connectivity index is 2.38. The molecule has 0 bridgehead atoms. The van der Waals surface area contributed by atoms with Crippen molar-refractivity contribution in [3.8, 4) is 6.07 Å². The summed E-state index contributed by atoms with van der Waals surface area (Å²) in [7, 11) is -3.90. The second-order valence-electron chi connectivity index (χ2n) is 5.13. The summed E-state index contributed by atoms with van der Waals surface area (Å²) >= 11 is 0. The minimum atomic E-state index is -3.90. The molecule has 2 aromatic carbocycles. The van der Waals surface area contributed by atoms with E-state index in [1.54, 1.807) is 24.3 Å². The van der Waals surface area contributed by atoms with E-state index < -0.39 is 10.0 Å². The lowest BCUT2D eigenvalue weighted by Crippen LogP contribution is -2.12. The van der Waals surface area contributed by atoms with Gasteiger partial charge in [0.25, 0.3) is 10.0 Å². The molecule has 1 heterocycles. The Kier molecular flexibility index (Phi) is 3.51. The first kappa shape index (κ1) is 15.0. The zero-order valence-corrected chi connectivity index (χ0v) is 13.0. The van der Waals surface area contributed by atoms with Gasteiger partial charge in [0, 0.05) is 17.1 Å². The fraction of sp³-hybridized carbons (Fsp3) is 0.0588. The van der Waals surface area contributed by atoms with Crippen LogP contribution >= 0.6 is 0 Å². The van der Waals surface area contributed by atoms with Crippen LogP contribution in [-0.2, 0) is 10.0 Å². The highest BCUT2D eigenvalue weighted by molar-refractivity contribution is 7.90. The van der Waals surface area contributed by atoms with Crippen LogP contribution in [0.25, 0.3) is 10.9 Å². The molecule has 5 nitrogen and oxygen atoms in total. The topological polar surface area (TPSA) is 79.9 Å². The van der Waals surface area contributed by atoms with Crippen LogP contribution in [-0.4, -0.2) is 18.7 Å². The molecule has 0 saturated carbocycles. The zero-order valence-electron chi connectivity index (χ0n) is 12.2. The van der Waals surface area contributed by atoms with Gasteiger partial charge < -0.3 is 0 Å². The smallest absolute Gasteiger partial charge is 0.268 e. The van der Waals surface area contributed by atoms with Crippen LogP contribution in [0, 0.1) is 18.3 Å². The van der Waals surface area contributed by atoms with E-state index in [0.29, 0.717) is 11.7 Å². The lowest BCUT2D eigenvalue weighted by Gasteiger charge is -2.08. The van der Waals surface area contributed by atoms with Crippen LogP contribution in [0.3, 0.4) is 0 Å². The molecule has 0 spiro atoms. The predicted octanol–water partition coefficient (Wildman–Crippen LogP) is 2.87. The maximum atomic E-state index is 12.9. The number of para-hydroxylation sites is 1. The van der Waals surface area contributed by atoms with Gasteiger partial charge in [-0.3, -0.25) is 4.79 Å². The van der Waals surface area contributed by atoms with Crippen LogP contribution in [0.15, 0.2) is 53.6 Å². The lowest BCUT2D eigenvalue weighted by molar-refractivity contribution is 0.112. The van der Waals surface area contributed by atoms with Crippen molar-refractivity contribution in [2.24, 2.45) is 0 Å². The molecule has 0 aliphatic carbocycles. The van der Waals surface area contributed by atoms with Crippen LogP contribution in [0.2, 0.25) is 0 Å². The SMILES string of the molecule is Cc1ccc(S(=O)(=O)n2cc(C=O)c3cccc(C#N)c32)cc1. The average molecular weight is 324 g/mol. The highest BCUT2D eigenvalue weighted by atomic mass is 32.2. The summed E-state index contributed by atoms with van der Waals surface area (Å²) in [4.78, 5) is 11.4. The van der Waals surface area contributed by atoms with E-state index >= 15 is 0 Å². The molecule has 0 saturated heterocycles. The third-order valence-electron chi connectivity index (χ3n) is 3.65. The first-order valence-electron chi connectivity index (χ1n) is 6.80. The molecule has 1 aromatic heterocycles. The number of benzene rings is 2. The Labute approximate surface area is 133 Å². The number of nitrogens with zero attached hydrogens (tertiary/aromatic N) is 2. The number of aryl methyl sites for hydroxylation is 1. The summed E-state index contributed by atoms with van der Waals surface area (Å²) in [6, 6.07) is 13.2. The summed E-state index contributed by atoms with van der Waals surface area (Å²) in [6.45, 7) is 1.86. The molecule has 6 heteroatoms. The highest BCUT2D eigenvalue weighted by Gasteiger charge is 2.22. The number of hydrogen-bond acceptors (Lipinski definition) is 4. The Morgan fingerprint density at radius 3 is 2.43 bits per heavy atom. The van der Waals surface area contributed by atoms with Gasteiger partial charge in [-0.2, -0.15) is 5.26 Å². The van der Waals surface area contributed by atoms with Gasteiger partial charge in [-0.25, -0.2) is 12.4 Å². The van der Waals surface area contributed by atoms with E-state index in [1.807, 2.05) is 13.0 Å². The monoisotopic (exact) mass is 324 g/mol. The third-order valence-corrected chi connectivity index (χ3v) is 5.32. The van der Waals surface area contributed by atoms with Crippen molar-refractivity contribution in [2.75, 3.05) is 0 Å². The predicted molar refractivity (Wildman–Crippen MR) is 85.8 cm³/mol. The number of carbonyl (C=O) groups excluding carboxylic acids is 1. The van der Waals surface area contributed by atoms with Gasteiger partial charge >= 0.3 is 0 Å². The molecule has 0 radical (unpaired) electrons. The van der Waals surface area contributed by atoms with Crippen molar-refractivity contribution < 1.29 is 13.2 Å². The molecule has 0 aliphatic rings. The average Bonchev–Trinajstić information content (AvgIpc) is 2.95. The fourth-order valence-electron chi connectivity index (χ4n) is 2.47. The van der Waals surface area contributed by atoms with Crippen LogP contribution in [0.5, 0.6) is 0 Å². The van der Waals surface area contributed by atoms with Gasteiger partial charge in [0.05, 0.1) is 16.0 Å². The summed E-state index contributed by atoms with van der Waals surface area (Å²) in [6.07, 6.45) is 1.85. The number of aldehydes is 1. The molecule has 23 heavy (non-hydrogen) atoms. The van der Waals surface area contributed by atoms with Gasteiger partial charge in [0.15, 0.2) is 6.29 Å². The first-order valence-corrected chi connectivity index (χ1v) is 8.24. The van der Waals surface area contributed by atoms with Crippen LogP contribution in [0.1, 0.15) is 21.5 Å². The van der Waals surface area contributed by atoms with Crippen molar-refractivity contribution in [3.63, 3.8) is 0 Å². The van der Waals surface area contributed by atoms with Gasteiger partial charge in [0.1, 0.15) is 6.07 Å². The van der Waals surface area contributed by atoms with E-state index in [1.165, 1.54) is 24.4 Å². The molecule has 114 valence electrons. The summed E-state index contributed by atoms with van der Waals surface area (Å²) in [5, 5.41) is 9.71. The molecule has 0 amide bonds. The second-order valence-corrected chi connectivity index (χ2v) is 6.94. The van der Waals surface area contributed by atoms with E-state index in [9.17, 15) is 18.5 Å². The van der Waals surface area contributed by atoms with Crippen molar-refractivity contribution >= 4 is 27.2 Å². The van der Waals surface area contributed by atoms with Crippen LogP contribution in [0.4, 0.5) is 0 Å². The Bertz CT molecular complexity index is 1060. The van der Waals surface area contributed by atoms with Crippen molar-refractivity contribution in [3.05, 3.63) is 65.4 Å². The van der Waals surface area contributed by atoms with Gasteiger partial charge in [-0.15, -0.1) is 0 Å². The molecular weight excluding hydrogens is 312 g/mol. The Morgan fingerprint density at radius 1 is 1.13 bits per heavy atom. The number of hydrogen-bond donors (Lipinski definition) is 0. The van der Waals surface area contributed by atoms with Crippen molar-refractivity contribution in [2.45, 2.75) is 11.8 Å². The third kappa shape index (κ3) is 2.31. The van der Waals surface area contributed by atoms with Crippen molar-refractivity contribution in [1.82, 2.24) is 3.97 Å².